The molecule has 0 bridgehead atoms. The van der Waals surface area contributed by atoms with Gasteiger partial charge in [0.25, 0.3) is 0 Å². The van der Waals surface area contributed by atoms with Gasteiger partial charge in [-0.1, -0.05) is 0 Å². The number of benzene rings is 1. The lowest BCUT2D eigenvalue weighted by molar-refractivity contribution is -0.142. The summed E-state index contributed by atoms with van der Waals surface area (Å²) in [4.78, 5) is 20.2. The molecule has 2 heterocycles. The van der Waals surface area contributed by atoms with Crippen molar-refractivity contribution in [1.82, 2.24) is 9.88 Å². The van der Waals surface area contributed by atoms with Crippen molar-refractivity contribution in [3.05, 3.63) is 40.7 Å². The van der Waals surface area contributed by atoms with Crippen molar-refractivity contribution in [3.8, 4) is 0 Å². The van der Waals surface area contributed by atoms with Crippen LogP contribution in [0, 0.1) is 5.82 Å². The van der Waals surface area contributed by atoms with Gasteiger partial charge in [-0.3, -0.25) is 10.2 Å². The molecule has 9 heteroatoms. The van der Waals surface area contributed by atoms with E-state index < -0.39 is 0 Å². The fourth-order valence-electron chi connectivity index (χ4n) is 2.84. The number of aromatic nitrogens is 1. The molecule has 0 saturated carbocycles. The number of hydrogen-bond acceptors (Lipinski definition) is 8. The minimum atomic E-state index is -0.316. The molecule has 0 aliphatic carbocycles. The Balaban J connectivity index is 1.56. The number of thiazole rings is 1. The van der Waals surface area contributed by atoms with Gasteiger partial charge in [0, 0.05) is 42.8 Å². The highest BCUT2D eigenvalue weighted by atomic mass is 32.1. The maximum Gasteiger partial charge on any atom is 0.311 e. The van der Waals surface area contributed by atoms with E-state index in [9.17, 15) is 9.18 Å². The third kappa shape index (κ3) is 5.49. The first-order valence-corrected chi connectivity index (χ1v) is 10.0. The van der Waals surface area contributed by atoms with E-state index in [1.807, 2.05) is 6.07 Å². The lowest BCUT2D eigenvalue weighted by Crippen LogP contribution is -2.44. The van der Waals surface area contributed by atoms with Crippen molar-refractivity contribution < 1.29 is 13.9 Å². The average Bonchev–Trinajstić information content (AvgIpc) is 3.11. The quantitative estimate of drug-likeness (QED) is 0.434. The number of ether oxygens (including phenoxy) is 1. The Labute approximate surface area is 167 Å². The number of nitrogens with one attached hydrogen (secondary N) is 1. The summed E-state index contributed by atoms with van der Waals surface area (Å²) in [5.74, 6) is -0.630. The van der Waals surface area contributed by atoms with E-state index in [1.54, 1.807) is 24.4 Å². The summed E-state index contributed by atoms with van der Waals surface area (Å²) in [6, 6.07) is 5.19. The fraction of sp³-hybridized carbons (Fsp3) is 0.421. The smallest absolute Gasteiger partial charge is 0.311 e. The standard InChI is InChI=1S/C19H24FN5O2S/c1-3-27-18(26)10-15-13-28-19(22-15)23-21-12-14-4-5-16(11-17(14)20)25-8-6-24(2)7-9-25/h4-5,11-13H,3,6-10H2,1-2H3,(H,22,23). The first kappa shape index (κ1) is 20.2. The molecule has 0 unspecified atom stereocenters. The topological polar surface area (TPSA) is 70.1 Å². The second-order valence-corrected chi connectivity index (χ2v) is 7.35. The third-order valence-corrected chi connectivity index (χ3v) is 5.19. The van der Waals surface area contributed by atoms with Gasteiger partial charge in [0.1, 0.15) is 5.82 Å². The van der Waals surface area contributed by atoms with Crippen molar-refractivity contribution in [2.24, 2.45) is 5.10 Å². The Morgan fingerprint density at radius 2 is 2.18 bits per heavy atom. The molecule has 1 aliphatic rings. The van der Waals surface area contributed by atoms with E-state index in [0.717, 1.165) is 31.9 Å². The molecule has 1 N–H and O–H groups in total. The molecule has 3 rings (SSSR count). The van der Waals surface area contributed by atoms with Crippen molar-refractivity contribution in [3.63, 3.8) is 0 Å². The number of carbonyl (C=O) groups excluding carboxylic acids is 1. The minimum Gasteiger partial charge on any atom is -0.466 e. The van der Waals surface area contributed by atoms with Crippen LogP contribution in [0.1, 0.15) is 18.2 Å². The number of carbonyl (C=O) groups is 1. The van der Waals surface area contributed by atoms with Gasteiger partial charge >= 0.3 is 5.97 Å². The molecule has 1 aromatic carbocycles. The van der Waals surface area contributed by atoms with E-state index in [0.29, 0.717) is 23.0 Å². The first-order chi connectivity index (χ1) is 13.5. The normalized spacial score (nSPS) is 15.2. The van der Waals surface area contributed by atoms with Gasteiger partial charge in [0.2, 0.25) is 5.13 Å². The van der Waals surface area contributed by atoms with Crippen LogP contribution in [0.15, 0.2) is 28.7 Å². The Bertz CT molecular complexity index is 833. The summed E-state index contributed by atoms with van der Waals surface area (Å²) in [6.45, 7) is 5.84. The monoisotopic (exact) mass is 405 g/mol. The number of anilines is 2. The Kier molecular flexibility index (Phi) is 6.94. The zero-order valence-corrected chi connectivity index (χ0v) is 16.8. The van der Waals surface area contributed by atoms with Crippen LogP contribution in [0.25, 0.3) is 0 Å². The van der Waals surface area contributed by atoms with Crippen LogP contribution in [0.3, 0.4) is 0 Å². The van der Waals surface area contributed by atoms with Gasteiger partial charge < -0.3 is 14.5 Å². The van der Waals surface area contributed by atoms with Crippen LogP contribution in [0.4, 0.5) is 15.2 Å². The van der Waals surface area contributed by atoms with Gasteiger partial charge in [0.15, 0.2) is 0 Å². The maximum absolute atomic E-state index is 14.4. The van der Waals surface area contributed by atoms with Crippen LogP contribution >= 0.6 is 11.3 Å². The molecule has 1 aromatic heterocycles. The van der Waals surface area contributed by atoms with E-state index in [1.165, 1.54) is 17.6 Å². The van der Waals surface area contributed by atoms with Crippen molar-refractivity contribution in [2.45, 2.75) is 13.3 Å². The summed E-state index contributed by atoms with van der Waals surface area (Å²) in [5.41, 5.74) is 4.67. The van der Waals surface area contributed by atoms with Crippen LogP contribution in [-0.4, -0.2) is 61.9 Å². The number of likely N-dealkylation sites (N-methyl/N-ethyl adjacent to an activating group) is 1. The zero-order valence-electron chi connectivity index (χ0n) is 16.0. The number of hydrogen-bond donors (Lipinski definition) is 1. The number of halogens is 1. The molecule has 150 valence electrons. The minimum absolute atomic E-state index is 0.123. The van der Waals surface area contributed by atoms with Gasteiger partial charge in [-0.15, -0.1) is 11.3 Å². The van der Waals surface area contributed by atoms with Crippen LogP contribution in [0.5, 0.6) is 0 Å². The molecular weight excluding hydrogens is 381 g/mol. The number of rotatable bonds is 7. The van der Waals surface area contributed by atoms with Crippen molar-refractivity contribution in [1.29, 1.82) is 0 Å². The molecule has 0 atom stereocenters. The van der Waals surface area contributed by atoms with Crippen molar-refractivity contribution in [2.75, 3.05) is 50.2 Å². The van der Waals surface area contributed by atoms with E-state index in [4.69, 9.17) is 4.74 Å². The highest BCUT2D eigenvalue weighted by Crippen LogP contribution is 2.20. The molecule has 2 aromatic rings. The summed E-state index contributed by atoms with van der Waals surface area (Å²) < 4.78 is 19.3. The second kappa shape index (κ2) is 9.61. The zero-order chi connectivity index (χ0) is 19.9. The summed E-state index contributed by atoms with van der Waals surface area (Å²) in [6.07, 6.45) is 1.55. The van der Waals surface area contributed by atoms with E-state index in [-0.39, 0.29) is 18.2 Å². The summed E-state index contributed by atoms with van der Waals surface area (Å²) >= 11 is 1.32. The molecule has 1 aliphatic heterocycles. The lowest BCUT2D eigenvalue weighted by Gasteiger charge is -2.34. The van der Waals surface area contributed by atoms with Crippen molar-refractivity contribution >= 4 is 34.3 Å². The number of nitrogens with zero attached hydrogens (tertiary/aromatic N) is 4. The number of piperazine rings is 1. The van der Waals surface area contributed by atoms with Crippen LogP contribution in [-0.2, 0) is 16.0 Å². The summed E-state index contributed by atoms with van der Waals surface area (Å²) in [5, 5.41) is 6.35. The summed E-state index contributed by atoms with van der Waals surface area (Å²) in [7, 11) is 2.09. The van der Waals surface area contributed by atoms with Gasteiger partial charge in [-0.2, -0.15) is 5.10 Å². The van der Waals surface area contributed by atoms with E-state index in [2.05, 4.69) is 32.4 Å². The third-order valence-electron chi connectivity index (χ3n) is 4.40. The van der Waals surface area contributed by atoms with Crippen LogP contribution in [0.2, 0.25) is 0 Å². The molecular formula is C19H24FN5O2S. The Morgan fingerprint density at radius 3 is 2.89 bits per heavy atom. The average molecular weight is 405 g/mol. The van der Waals surface area contributed by atoms with Gasteiger partial charge in [-0.25, -0.2) is 9.37 Å². The maximum atomic E-state index is 14.4. The highest BCUT2D eigenvalue weighted by Gasteiger charge is 2.15. The Hall–Kier alpha value is -2.52. The number of hydrazone groups is 1. The van der Waals surface area contributed by atoms with E-state index >= 15 is 0 Å². The highest BCUT2D eigenvalue weighted by molar-refractivity contribution is 7.13. The predicted molar refractivity (Wildman–Crippen MR) is 110 cm³/mol. The van der Waals surface area contributed by atoms with Crippen LogP contribution < -0.4 is 10.3 Å². The molecule has 1 saturated heterocycles. The molecule has 0 radical (unpaired) electrons. The van der Waals surface area contributed by atoms with Gasteiger partial charge in [0.05, 0.1) is 24.9 Å². The second-order valence-electron chi connectivity index (χ2n) is 6.49. The first-order valence-electron chi connectivity index (χ1n) is 9.17. The lowest BCUT2D eigenvalue weighted by atomic mass is 10.2. The van der Waals surface area contributed by atoms with Gasteiger partial charge in [-0.05, 0) is 32.2 Å². The SMILES string of the molecule is CCOC(=O)Cc1csc(NN=Cc2ccc(N3CCN(C)CC3)cc2F)n1. The number of esters is 1. The predicted octanol–water partition coefficient (Wildman–Crippen LogP) is 2.59. The molecule has 28 heavy (non-hydrogen) atoms. The fourth-order valence-corrected chi connectivity index (χ4v) is 3.50. The Morgan fingerprint density at radius 1 is 1.39 bits per heavy atom. The molecule has 1 fully saturated rings. The molecule has 0 amide bonds. The largest absolute Gasteiger partial charge is 0.466 e. The molecule has 7 nitrogen and oxygen atoms in total. The molecule has 0 spiro atoms.